The molecule has 98 valence electrons. The van der Waals surface area contributed by atoms with Crippen molar-refractivity contribution < 1.29 is 4.74 Å². The van der Waals surface area contributed by atoms with Crippen LogP contribution in [0.5, 0.6) is 5.75 Å². The van der Waals surface area contributed by atoms with E-state index in [9.17, 15) is 0 Å². The van der Waals surface area contributed by atoms with Gasteiger partial charge in [-0.15, -0.1) is 6.58 Å². The fourth-order valence-electron chi connectivity index (χ4n) is 1.86. The van der Waals surface area contributed by atoms with Gasteiger partial charge in [-0.05, 0) is 29.7 Å². The van der Waals surface area contributed by atoms with Gasteiger partial charge in [0.1, 0.15) is 12.4 Å². The third-order valence-electron chi connectivity index (χ3n) is 2.92. The second-order valence-electron chi connectivity index (χ2n) is 4.53. The van der Waals surface area contributed by atoms with Crippen LogP contribution in [0, 0.1) is 0 Å². The van der Waals surface area contributed by atoms with Crippen LogP contribution in [0.15, 0.2) is 67.3 Å². The lowest BCUT2D eigenvalue weighted by Gasteiger charge is -2.10. The molecule has 0 saturated carbocycles. The van der Waals surface area contributed by atoms with E-state index in [1.54, 1.807) is 6.08 Å². The Morgan fingerprint density at radius 3 is 2.53 bits per heavy atom. The fourth-order valence-corrected chi connectivity index (χ4v) is 1.86. The average molecular weight is 253 g/mol. The molecular formula is C17H19NO. The molecule has 2 N–H and O–H groups in total. The second kappa shape index (κ2) is 6.76. The number of rotatable bonds is 6. The van der Waals surface area contributed by atoms with Gasteiger partial charge in [0.2, 0.25) is 0 Å². The number of benzene rings is 2. The molecule has 0 aliphatic heterocycles. The van der Waals surface area contributed by atoms with E-state index < -0.39 is 0 Å². The van der Waals surface area contributed by atoms with Gasteiger partial charge in [-0.2, -0.15) is 0 Å². The quantitative estimate of drug-likeness (QED) is 0.801. The van der Waals surface area contributed by atoms with Crippen LogP contribution < -0.4 is 10.5 Å². The molecule has 1 atom stereocenters. The Hall–Kier alpha value is -2.06. The van der Waals surface area contributed by atoms with Crippen LogP contribution >= 0.6 is 0 Å². The summed E-state index contributed by atoms with van der Waals surface area (Å²) in [5, 5.41) is 0. The van der Waals surface area contributed by atoms with Crippen molar-refractivity contribution in [3.8, 4) is 5.75 Å². The molecule has 2 rings (SSSR count). The van der Waals surface area contributed by atoms with E-state index in [-0.39, 0.29) is 6.04 Å². The summed E-state index contributed by atoms with van der Waals surface area (Å²) in [6.45, 7) is 4.28. The summed E-state index contributed by atoms with van der Waals surface area (Å²) in [4.78, 5) is 0. The van der Waals surface area contributed by atoms with Crippen LogP contribution in [0.3, 0.4) is 0 Å². The molecule has 0 fully saturated rings. The number of nitrogens with two attached hydrogens (primary N) is 1. The summed E-state index contributed by atoms with van der Waals surface area (Å²) in [5.74, 6) is 0.873. The molecule has 0 saturated heterocycles. The number of hydrogen-bond donors (Lipinski definition) is 1. The lowest BCUT2D eigenvalue weighted by atomic mass is 10.1. The highest BCUT2D eigenvalue weighted by Gasteiger charge is 2.01. The Bertz CT molecular complexity index is 522. The molecule has 2 heteroatoms. The zero-order valence-corrected chi connectivity index (χ0v) is 11.0. The van der Waals surface area contributed by atoms with Crippen LogP contribution in [-0.2, 0) is 13.0 Å². The Morgan fingerprint density at radius 1 is 1.05 bits per heavy atom. The molecule has 0 aliphatic carbocycles. The predicted octanol–water partition coefficient (Wildman–Crippen LogP) is 3.32. The molecule has 2 aromatic carbocycles. The summed E-state index contributed by atoms with van der Waals surface area (Å²) in [7, 11) is 0. The maximum atomic E-state index is 5.86. The third kappa shape index (κ3) is 4.27. The van der Waals surface area contributed by atoms with Gasteiger partial charge in [-0.1, -0.05) is 48.5 Å². The SMILES string of the molecule is C=CC(N)Cc1cccc(OCc2ccccc2)c1. The molecule has 0 aromatic heterocycles. The Morgan fingerprint density at radius 2 is 1.79 bits per heavy atom. The van der Waals surface area contributed by atoms with Crippen molar-refractivity contribution in [3.63, 3.8) is 0 Å². The van der Waals surface area contributed by atoms with Crippen molar-refractivity contribution in [1.82, 2.24) is 0 Å². The van der Waals surface area contributed by atoms with Crippen LogP contribution in [0.4, 0.5) is 0 Å². The summed E-state index contributed by atoms with van der Waals surface area (Å²) in [6.07, 6.45) is 2.55. The first kappa shape index (κ1) is 13.4. The van der Waals surface area contributed by atoms with Gasteiger partial charge in [-0.25, -0.2) is 0 Å². The lowest BCUT2D eigenvalue weighted by molar-refractivity contribution is 0.306. The number of ether oxygens (including phenoxy) is 1. The van der Waals surface area contributed by atoms with Crippen molar-refractivity contribution in [1.29, 1.82) is 0 Å². The van der Waals surface area contributed by atoms with Crippen LogP contribution in [-0.4, -0.2) is 6.04 Å². The molecular weight excluding hydrogens is 234 g/mol. The zero-order valence-electron chi connectivity index (χ0n) is 11.0. The van der Waals surface area contributed by atoms with Gasteiger partial charge in [0.25, 0.3) is 0 Å². The van der Waals surface area contributed by atoms with Crippen LogP contribution in [0.25, 0.3) is 0 Å². The molecule has 0 amide bonds. The van der Waals surface area contributed by atoms with Crippen molar-refractivity contribution in [2.75, 3.05) is 0 Å². The lowest BCUT2D eigenvalue weighted by Crippen LogP contribution is -2.19. The van der Waals surface area contributed by atoms with E-state index >= 15 is 0 Å². The van der Waals surface area contributed by atoms with Crippen LogP contribution in [0.2, 0.25) is 0 Å². The van der Waals surface area contributed by atoms with E-state index in [2.05, 4.69) is 24.8 Å². The molecule has 1 unspecified atom stereocenters. The van der Waals surface area contributed by atoms with Gasteiger partial charge in [0.05, 0.1) is 0 Å². The van der Waals surface area contributed by atoms with Crippen molar-refractivity contribution in [3.05, 3.63) is 78.4 Å². The molecule has 0 bridgehead atoms. The minimum atomic E-state index is -0.00984. The minimum Gasteiger partial charge on any atom is -0.489 e. The molecule has 2 aromatic rings. The monoisotopic (exact) mass is 253 g/mol. The molecule has 0 aliphatic rings. The molecule has 0 spiro atoms. The zero-order chi connectivity index (χ0) is 13.5. The average Bonchev–Trinajstić information content (AvgIpc) is 2.46. The smallest absolute Gasteiger partial charge is 0.120 e. The van der Waals surface area contributed by atoms with E-state index in [1.165, 1.54) is 0 Å². The first-order chi connectivity index (χ1) is 9.28. The number of hydrogen-bond acceptors (Lipinski definition) is 2. The molecule has 2 nitrogen and oxygen atoms in total. The van der Waals surface area contributed by atoms with Gasteiger partial charge in [-0.3, -0.25) is 0 Å². The summed E-state index contributed by atoms with van der Waals surface area (Å²) in [6, 6.07) is 18.2. The highest BCUT2D eigenvalue weighted by atomic mass is 16.5. The van der Waals surface area contributed by atoms with E-state index in [4.69, 9.17) is 10.5 Å². The maximum Gasteiger partial charge on any atom is 0.120 e. The van der Waals surface area contributed by atoms with Gasteiger partial charge in [0.15, 0.2) is 0 Å². The minimum absolute atomic E-state index is 0.00984. The Kier molecular flexibility index (Phi) is 4.76. The highest BCUT2D eigenvalue weighted by molar-refractivity contribution is 5.30. The molecule has 0 radical (unpaired) electrons. The first-order valence-electron chi connectivity index (χ1n) is 6.42. The normalized spacial score (nSPS) is 11.8. The van der Waals surface area contributed by atoms with Gasteiger partial charge in [0, 0.05) is 6.04 Å². The summed E-state index contributed by atoms with van der Waals surface area (Å²) < 4.78 is 5.78. The molecule has 19 heavy (non-hydrogen) atoms. The van der Waals surface area contributed by atoms with Crippen molar-refractivity contribution in [2.45, 2.75) is 19.1 Å². The highest BCUT2D eigenvalue weighted by Crippen LogP contribution is 2.16. The van der Waals surface area contributed by atoms with E-state index in [0.29, 0.717) is 6.61 Å². The predicted molar refractivity (Wildman–Crippen MR) is 79.1 cm³/mol. The van der Waals surface area contributed by atoms with E-state index in [1.807, 2.05) is 36.4 Å². The van der Waals surface area contributed by atoms with Crippen LogP contribution in [0.1, 0.15) is 11.1 Å². The Labute approximate surface area is 114 Å². The van der Waals surface area contributed by atoms with Gasteiger partial charge < -0.3 is 10.5 Å². The summed E-state index contributed by atoms with van der Waals surface area (Å²) in [5.41, 5.74) is 8.19. The third-order valence-corrected chi connectivity index (χ3v) is 2.92. The Balaban J connectivity index is 1.97. The van der Waals surface area contributed by atoms with Crippen molar-refractivity contribution in [2.24, 2.45) is 5.73 Å². The largest absolute Gasteiger partial charge is 0.489 e. The molecule has 0 heterocycles. The first-order valence-corrected chi connectivity index (χ1v) is 6.42. The standard InChI is InChI=1S/C17H19NO/c1-2-16(18)11-15-9-6-10-17(12-15)19-13-14-7-4-3-5-8-14/h2-10,12,16H,1,11,13,18H2. The second-order valence-corrected chi connectivity index (χ2v) is 4.53. The van der Waals surface area contributed by atoms with Gasteiger partial charge >= 0.3 is 0 Å². The summed E-state index contributed by atoms with van der Waals surface area (Å²) >= 11 is 0. The van der Waals surface area contributed by atoms with E-state index in [0.717, 1.165) is 23.3 Å². The fraction of sp³-hybridized carbons (Fsp3) is 0.176. The topological polar surface area (TPSA) is 35.2 Å². The maximum absolute atomic E-state index is 5.86. The van der Waals surface area contributed by atoms with Crippen molar-refractivity contribution >= 4 is 0 Å².